The number of hydrogen-bond acceptors (Lipinski definition) is 3. The summed E-state index contributed by atoms with van der Waals surface area (Å²) in [4.78, 5) is 14.7. The molecule has 1 aliphatic heterocycles. The first kappa shape index (κ1) is 15.9. The summed E-state index contributed by atoms with van der Waals surface area (Å²) < 4.78 is 40.2. The van der Waals surface area contributed by atoms with E-state index >= 15 is 0 Å². The number of nitrogens with one attached hydrogen (secondary N) is 2. The fourth-order valence-corrected chi connectivity index (χ4v) is 2.98. The second kappa shape index (κ2) is 5.57. The minimum Gasteiger partial charge on any atom is -0.358 e. The average Bonchev–Trinajstić information content (AvgIpc) is 2.53. The molecule has 24 heavy (non-hydrogen) atoms. The summed E-state index contributed by atoms with van der Waals surface area (Å²) in [6.45, 7) is 1.60. The maximum absolute atomic E-state index is 13.4. The molecule has 4 nitrogen and oxygen atoms in total. The number of allylic oxidation sites excluding steroid dienone is 2. The zero-order valence-electron chi connectivity index (χ0n) is 12.5. The predicted octanol–water partition coefficient (Wildman–Crippen LogP) is 3.75. The lowest BCUT2D eigenvalue weighted by Crippen LogP contribution is -2.27. The number of nitriles is 1. The number of benzene rings is 1. The monoisotopic (exact) mass is 331 g/mol. The number of pyridine rings is 1. The highest BCUT2D eigenvalue weighted by atomic mass is 19.4. The van der Waals surface area contributed by atoms with Crippen LogP contribution in [0.2, 0.25) is 0 Å². The molecule has 1 aromatic heterocycles. The molecule has 3 rings (SSSR count). The van der Waals surface area contributed by atoms with Crippen molar-refractivity contribution >= 4 is 5.69 Å². The van der Waals surface area contributed by atoms with Gasteiger partial charge in [0.25, 0.3) is 5.56 Å². The van der Waals surface area contributed by atoms with Crippen LogP contribution in [0.3, 0.4) is 0 Å². The standard InChI is InChI=1S/C17H12F3N3O/c1-9-11(8-21)14(15-13(23-9)6-7-22-16(15)24)10-4-2-3-5-12(10)17(18,19)20/h2-7,14,23H,1H3,(H,22,24). The molecule has 0 radical (unpaired) electrons. The van der Waals surface area contributed by atoms with Crippen molar-refractivity contribution in [1.29, 1.82) is 5.26 Å². The van der Waals surface area contributed by atoms with Crippen molar-refractivity contribution < 1.29 is 13.2 Å². The SMILES string of the molecule is CC1=C(C#N)C(c2ccccc2C(F)(F)F)c2c(cc[nH]c2=O)N1. The normalized spacial score (nSPS) is 17.0. The summed E-state index contributed by atoms with van der Waals surface area (Å²) in [6, 6.07) is 8.53. The zero-order chi connectivity index (χ0) is 17.5. The van der Waals surface area contributed by atoms with Crippen LogP contribution in [0.1, 0.15) is 29.5 Å². The Hall–Kier alpha value is -3.01. The zero-order valence-corrected chi connectivity index (χ0v) is 12.5. The van der Waals surface area contributed by atoms with E-state index in [-0.39, 0.29) is 16.7 Å². The van der Waals surface area contributed by atoms with E-state index in [1.807, 2.05) is 6.07 Å². The molecular formula is C17H12F3N3O. The van der Waals surface area contributed by atoms with Gasteiger partial charge in [0, 0.05) is 17.6 Å². The predicted molar refractivity (Wildman–Crippen MR) is 82.3 cm³/mol. The van der Waals surface area contributed by atoms with Crippen molar-refractivity contribution in [3.63, 3.8) is 0 Å². The van der Waals surface area contributed by atoms with Gasteiger partial charge in [-0.3, -0.25) is 4.79 Å². The van der Waals surface area contributed by atoms with Crippen LogP contribution in [0.15, 0.2) is 52.6 Å². The lowest BCUT2D eigenvalue weighted by molar-refractivity contribution is -0.138. The average molecular weight is 331 g/mol. The molecule has 1 unspecified atom stereocenters. The number of aromatic amines is 1. The van der Waals surface area contributed by atoms with Crippen molar-refractivity contribution in [2.45, 2.75) is 19.0 Å². The molecule has 0 aliphatic carbocycles. The number of anilines is 1. The maximum atomic E-state index is 13.4. The highest BCUT2D eigenvalue weighted by molar-refractivity contribution is 5.67. The van der Waals surface area contributed by atoms with Crippen molar-refractivity contribution in [2.24, 2.45) is 0 Å². The van der Waals surface area contributed by atoms with Gasteiger partial charge in [-0.2, -0.15) is 18.4 Å². The van der Waals surface area contributed by atoms with Gasteiger partial charge >= 0.3 is 6.18 Å². The van der Waals surface area contributed by atoms with Gasteiger partial charge in [-0.15, -0.1) is 0 Å². The minimum absolute atomic E-state index is 0.0934. The fraction of sp³-hybridized carbons (Fsp3) is 0.176. The Morgan fingerprint density at radius 2 is 1.92 bits per heavy atom. The first-order valence-corrected chi connectivity index (χ1v) is 7.10. The van der Waals surface area contributed by atoms with Crippen LogP contribution >= 0.6 is 0 Å². The van der Waals surface area contributed by atoms with Gasteiger partial charge in [-0.05, 0) is 24.6 Å². The van der Waals surface area contributed by atoms with E-state index in [1.54, 1.807) is 13.0 Å². The summed E-state index contributed by atoms with van der Waals surface area (Å²) in [5.74, 6) is -1.07. The van der Waals surface area contributed by atoms with Crippen LogP contribution in [-0.2, 0) is 6.18 Å². The van der Waals surface area contributed by atoms with E-state index in [0.717, 1.165) is 6.07 Å². The highest BCUT2D eigenvalue weighted by Gasteiger charge is 2.39. The van der Waals surface area contributed by atoms with Gasteiger partial charge in [0.05, 0.1) is 28.7 Å². The second-order valence-corrected chi connectivity index (χ2v) is 5.43. The molecule has 122 valence electrons. The summed E-state index contributed by atoms with van der Waals surface area (Å²) in [5, 5.41) is 12.4. The molecule has 0 fully saturated rings. The van der Waals surface area contributed by atoms with Gasteiger partial charge in [0.15, 0.2) is 0 Å². The van der Waals surface area contributed by atoms with E-state index in [9.17, 15) is 23.2 Å². The van der Waals surface area contributed by atoms with E-state index in [1.165, 1.54) is 24.4 Å². The molecule has 1 aliphatic rings. The lowest BCUT2D eigenvalue weighted by atomic mass is 9.80. The Morgan fingerprint density at radius 1 is 1.21 bits per heavy atom. The van der Waals surface area contributed by atoms with Gasteiger partial charge in [-0.1, -0.05) is 18.2 Å². The van der Waals surface area contributed by atoms with Crippen molar-refractivity contribution in [3.8, 4) is 6.07 Å². The molecule has 2 heterocycles. The number of rotatable bonds is 1. The van der Waals surface area contributed by atoms with E-state index < -0.39 is 23.2 Å². The van der Waals surface area contributed by atoms with Crippen LogP contribution in [0.4, 0.5) is 18.9 Å². The van der Waals surface area contributed by atoms with Crippen LogP contribution in [0.25, 0.3) is 0 Å². The quantitative estimate of drug-likeness (QED) is 0.836. The fourth-order valence-electron chi connectivity index (χ4n) is 2.98. The summed E-state index contributed by atoms with van der Waals surface area (Å²) in [7, 11) is 0. The van der Waals surface area contributed by atoms with E-state index in [4.69, 9.17) is 0 Å². The summed E-state index contributed by atoms with van der Waals surface area (Å²) in [5.41, 5.74) is -0.462. The van der Waals surface area contributed by atoms with Crippen LogP contribution in [-0.4, -0.2) is 4.98 Å². The summed E-state index contributed by atoms with van der Waals surface area (Å²) in [6.07, 6.45) is -3.18. The molecule has 0 saturated heterocycles. The van der Waals surface area contributed by atoms with Gasteiger partial charge < -0.3 is 10.3 Å². The molecule has 0 bridgehead atoms. The summed E-state index contributed by atoms with van der Waals surface area (Å²) >= 11 is 0. The molecular weight excluding hydrogens is 319 g/mol. The third-order valence-corrected chi connectivity index (χ3v) is 4.00. The highest BCUT2D eigenvalue weighted by Crippen LogP contribution is 2.44. The van der Waals surface area contributed by atoms with Gasteiger partial charge in [0.2, 0.25) is 0 Å². The Labute approximate surface area is 135 Å². The third-order valence-electron chi connectivity index (χ3n) is 4.00. The molecule has 7 heteroatoms. The topological polar surface area (TPSA) is 68.7 Å². The van der Waals surface area contributed by atoms with Crippen LogP contribution in [0, 0.1) is 11.3 Å². The Morgan fingerprint density at radius 3 is 2.58 bits per heavy atom. The lowest BCUT2D eigenvalue weighted by Gasteiger charge is -2.28. The van der Waals surface area contributed by atoms with Crippen LogP contribution in [0.5, 0.6) is 0 Å². The molecule has 0 saturated carbocycles. The van der Waals surface area contributed by atoms with Crippen molar-refractivity contribution in [1.82, 2.24) is 4.98 Å². The third kappa shape index (κ3) is 2.46. The molecule has 2 N–H and O–H groups in total. The molecule has 1 atom stereocenters. The number of nitrogens with zero attached hydrogens (tertiary/aromatic N) is 1. The van der Waals surface area contributed by atoms with E-state index in [0.29, 0.717) is 11.4 Å². The minimum atomic E-state index is -4.59. The Bertz CT molecular complexity index is 935. The van der Waals surface area contributed by atoms with Gasteiger partial charge in [-0.25, -0.2) is 0 Å². The van der Waals surface area contributed by atoms with Crippen LogP contribution < -0.4 is 10.9 Å². The second-order valence-electron chi connectivity index (χ2n) is 5.43. The number of halogens is 3. The molecule has 1 aromatic carbocycles. The molecule has 2 aromatic rings. The number of H-pyrrole nitrogens is 1. The number of hydrogen-bond donors (Lipinski definition) is 2. The Kier molecular flexibility index (Phi) is 3.68. The largest absolute Gasteiger partial charge is 0.416 e. The number of alkyl halides is 3. The molecule has 0 amide bonds. The van der Waals surface area contributed by atoms with Gasteiger partial charge in [0.1, 0.15) is 0 Å². The number of fused-ring (bicyclic) bond motifs is 1. The smallest absolute Gasteiger partial charge is 0.358 e. The number of aromatic nitrogens is 1. The molecule has 0 spiro atoms. The van der Waals surface area contributed by atoms with Crippen molar-refractivity contribution in [3.05, 3.63) is 74.8 Å². The van der Waals surface area contributed by atoms with Crippen molar-refractivity contribution in [2.75, 3.05) is 5.32 Å². The maximum Gasteiger partial charge on any atom is 0.416 e. The first-order chi connectivity index (χ1) is 11.3. The first-order valence-electron chi connectivity index (χ1n) is 7.10. The van der Waals surface area contributed by atoms with E-state index in [2.05, 4.69) is 10.3 Å². The Balaban J connectivity index is 2.36.